The molecule has 1 aromatic carbocycles. The van der Waals surface area contributed by atoms with E-state index in [4.69, 9.17) is 18.0 Å². The number of hydrogen-bond acceptors (Lipinski definition) is 3. The van der Waals surface area contributed by atoms with Crippen molar-refractivity contribution in [3.05, 3.63) is 30.8 Å². The zero-order valence-corrected chi connectivity index (χ0v) is 12.5. The smallest absolute Gasteiger partial charge is 0.294 e. The van der Waals surface area contributed by atoms with Gasteiger partial charge in [-0.1, -0.05) is 11.6 Å². The van der Waals surface area contributed by atoms with Crippen LogP contribution in [0.5, 0.6) is 0 Å². The molecule has 5 nitrogen and oxygen atoms in total. The van der Waals surface area contributed by atoms with Crippen molar-refractivity contribution in [2.45, 2.75) is 6.42 Å². The number of amides is 1. The molecule has 1 unspecified atom stereocenters. The van der Waals surface area contributed by atoms with Crippen LogP contribution in [0.2, 0.25) is 5.02 Å². The zero-order chi connectivity index (χ0) is 14.2. The van der Waals surface area contributed by atoms with E-state index < -0.39 is 4.92 Å². The van der Waals surface area contributed by atoms with Gasteiger partial charge in [-0.05, 0) is 28.7 Å². The summed E-state index contributed by atoms with van der Waals surface area (Å²) in [4.78, 5) is 23.8. The molecule has 1 aliphatic rings. The Morgan fingerprint density at radius 2 is 2.26 bits per heavy atom. The molecule has 0 aliphatic carbocycles. The monoisotopic (exact) mass is 390 g/mol. The number of carbonyl (C=O) groups is 1. The fraction of sp³-hybridized carbons (Fsp3) is 0.250. The summed E-state index contributed by atoms with van der Waals surface area (Å²) in [5.41, 5.74) is 0.0676. The predicted molar refractivity (Wildman–Crippen MR) is 80.1 cm³/mol. The maximum absolute atomic E-state index is 11.9. The van der Waals surface area contributed by atoms with Gasteiger partial charge in [-0.2, -0.15) is 0 Å². The molecule has 0 spiro atoms. The van der Waals surface area contributed by atoms with Crippen LogP contribution in [0.3, 0.4) is 0 Å². The zero-order valence-electron chi connectivity index (χ0n) is 9.60. The van der Waals surface area contributed by atoms with Gasteiger partial charge in [0.15, 0.2) is 0 Å². The molecule has 0 bridgehead atoms. The molecule has 1 aliphatic heterocycles. The van der Waals surface area contributed by atoms with Crippen molar-refractivity contribution in [3.8, 4) is 12.3 Å². The lowest BCUT2D eigenvalue weighted by Gasteiger charge is -2.16. The predicted octanol–water partition coefficient (Wildman–Crippen LogP) is 2.84. The summed E-state index contributed by atoms with van der Waals surface area (Å²) in [6, 6.07) is 2.80. The van der Waals surface area contributed by atoms with Gasteiger partial charge >= 0.3 is 0 Å². The highest BCUT2D eigenvalue weighted by atomic mass is 127. The summed E-state index contributed by atoms with van der Waals surface area (Å²) in [6.07, 6.45) is 5.50. The van der Waals surface area contributed by atoms with Crippen LogP contribution in [0.1, 0.15) is 6.42 Å². The highest BCUT2D eigenvalue weighted by molar-refractivity contribution is 14.1. The minimum Gasteiger partial charge on any atom is -0.305 e. The molecule has 19 heavy (non-hydrogen) atoms. The number of hydrogen-bond donors (Lipinski definition) is 0. The molecule has 0 aromatic heterocycles. The largest absolute Gasteiger partial charge is 0.305 e. The van der Waals surface area contributed by atoms with Crippen molar-refractivity contribution in [1.82, 2.24) is 0 Å². The van der Waals surface area contributed by atoms with Gasteiger partial charge in [0.05, 0.1) is 9.95 Å². The lowest BCUT2D eigenvalue weighted by atomic mass is 10.1. The Morgan fingerprint density at radius 1 is 1.58 bits per heavy atom. The van der Waals surface area contributed by atoms with Crippen LogP contribution in [0.15, 0.2) is 12.1 Å². The first-order valence-electron chi connectivity index (χ1n) is 5.34. The number of terminal acetylenes is 1. The van der Waals surface area contributed by atoms with Crippen LogP contribution >= 0.6 is 34.2 Å². The van der Waals surface area contributed by atoms with Crippen molar-refractivity contribution < 1.29 is 9.72 Å². The number of nitrogens with zero attached hydrogens (tertiary/aromatic N) is 2. The third-order valence-electron chi connectivity index (χ3n) is 2.87. The van der Waals surface area contributed by atoms with Gasteiger partial charge in [0.1, 0.15) is 5.69 Å². The fourth-order valence-electron chi connectivity index (χ4n) is 1.94. The highest BCUT2D eigenvalue weighted by Gasteiger charge is 2.33. The minimum absolute atomic E-state index is 0.139. The number of rotatable bonds is 2. The van der Waals surface area contributed by atoms with Crippen LogP contribution in [-0.4, -0.2) is 17.4 Å². The minimum atomic E-state index is -0.524. The molecular formula is C12H8ClIN2O3. The van der Waals surface area contributed by atoms with Crippen molar-refractivity contribution in [2.75, 3.05) is 11.4 Å². The number of nitro benzene ring substituents is 1. The third kappa shape index (κ3) is 2.67. The van der Waals surface area contributed by atoms with Crippen molar-refractivity contribution in [2.24, 2.45) is 5.92 Å². The van der Waals surface area contributed by atoms with E-state index in [2.05, 4.69) is 5.92 Å². The standard InChI is InChI=1S/C12H8ClIN2O3/c1-2-7-3-12(17)15(6-7)10-4-8(13)9(14)5-11(10)16(18)19/h1,4-5,7H,3,6H2. The Labute approximate surface area is 128 Å². The first-order chi connectivity index (χ1) is 8.93. The van der Waals surface area contributed by atoms with Gasteiger partial charge in [0.2, 0.25) is 5.91 Å². The van der Waals surface area contributed by atoms with Crippen LogP contribution in [0.25, 0.3) is 0 Å². The summed E-state index contributed by atoms with van der Waals surface area (Å²) in [5, 5.41) is 11.5. The quantitative estimate of drug-likeness (QED) is 0.338. The lowest BCUT2D eigenvalue weighted by molar-refractivity contribution is -0.384. The Morgan fingerprint density at radius 3 is 2.79 bits per heavy atom. The summed E-state index contributed by atoms with van der Waals surface area (Å²) < 4.78 is 0.565. The van der Waals surface area contributed by atoms with Crippen molar-refractivity contribution >= 4 is 51.5 Å². The number of benzene rings is 1. The van der Waals surface area contributed by atoms with E-state index in [0.717, 1.165) is 0 Å². The van der Waals surface area contributed by atoms with Gasteiger partial charge in [-0.3, -0.25) is 14.9 Å². The van der Waals surface area contributed by atoms with E-state index in [9.17, 15) is 14.9 Å². The Kier molecular flexibility index (Phi) is 3.96. The second kappa shape index (κ2) is 5.35. The number of nitro groups is 1. The van der Waals surface area contributed by atoms with Gasteiger partial charge < -0.3 is 4.90 Å². The molecule has 7 heteroatoms. The highest BCUT2D eigenvalue weighted by Crippen LogP contribution is 2.37. The SMILES string of the molecule is C#CC1CC(=O)N(c2cc(Cl)c(I)cc2[N+](=O)[O-])C1. The molecule has 2 rings (SSSR count). The Bertz CT molecular complexity index is 612. The van der Waals surface area contributed by atoms with Crippen LogP contribution in [0, 0.1) is 31.9 Å². The van der Waals surface area contributed by atoms with E-state index in [1.807, 2.05) is 22.6 Å². The molecule has 1 atom stereocenters. The maximum Gasteiger partial charge on any atom is 0.294 e. The van der Waals surface area contributed by atoms with Crippen LogP contribution in [0.4, 0.5) is 11.4 Å². The van der Waals surface area contributed by atoms with Crippen molar-refractivity contribution in [3.63, 3.8) is 0 Å². The van der Waals surface area contributed by atoms with Crippen LogP contribution < -0.4 is 4.90 Å². The van der Waals surface area contributed by atoms with Gasteiger partial charge in [-0.25, -0.2) is 0 Å². The first-order valence-corrected chi connectivity index (χ1v) is 6.79. The fourth-order valence-corrected chi connectivity index (χ4v) is 2.55. The molecule has 1 fully saturated rings. The summed E-state index contributed by atoms with van der Waals surface area (Å²) in [6.45, 7) is 0.285. The molecule has 0 saturated carbocycles. The summed E-state index contributed by atoms with van der Waals surface area (Å²) in [7, 11) is 0. The maximum atomic E-state index is 11.9. The van der Waals surface area contributed by atoms with E-state index in [-0.39, 0.29) is 36.2 Å². The first kappa shape index (κ1) is 14.1. The second-order valence-corrected chi connectivity index (χ2v) is 5.65. The lowest BCUT2D eigenvalue weighted by Crippen LogP contribution is -2.25. The molecule has 1 aromatic rings. The number of halogens is 2. The van der Waals surface area contributed by atoms with Crippen molar-refractivity contribution in [1.29, 1.82) is 0 Å². The third-order valence-corrected chi connectivity index (χ3v) is 4.39. The number of anilines is 1. The second-order valence-electron chi connectivity index (χ2n) is 4.08. The Balaban J connectivity index is 2.50. The van der Waals surface area contributed by atoms with Gasteiger partial charge in [-0.15, -0.1) is 12.3 Å². The molecule has 1 saturated heterocycles. The summed E-state index contributed by atoms with van der Waals surface area (Å²) in [5.74, 6) is 2.07. The molecular weight excluding hydrogens is 383 g/mol. The van der Waals surface area contributed by atoms with Gasteiger partial charge in [0.25, 0.3) is 5.69 Å². The van der Waals surface area contributed by atoms with Crippen LogP contribution in [-0.2, 0) is 4.79 Å². The van der Waals surface area contributed by atoms with E-state index in [1.165, 1.54) is 17.0 Å². The average molecular weight is 391 g/mol. The molecule has 98 valence electrons. The van der Waals surface area contributed by atoms with Gasteiger partial charge in [0, 0.05) is 28.5 Å². The molecule has 0 N–H and O–H groups in total. The normalized spacial score (nSPS) is 18.5. The molecule has 1 heterocycles. The summed E-state index contributed by atoms with van der Waals surface area (Å²) >= 11 is 7.89. The Hall–Kier alpha value is -1.33. The number of carbonyl (C=O) groups excluding carboxylic acids is 1. The van der Waals surface area contributed by atoms with E-state index in [1.54, 1.807) is 0 Å². The van der Waals surface area contributed by atoms with E-state index >= 15 is 0 Å². The van der Waals surface area contributed by atoms with E-state index in [0.29, 0.717) is 8.59 Å². The molecule has 1 amide bonds. The topological polar surface area (TPSA) is 63.5 Å². The molecule has 0 radical (unpaired) electrons. The average Bonchev–Trinajstić information content (AvgIpc) is 2.73.